The number of carbonyl (C=O) groups excluding carboxylic acids is 2. The van der Waals surface area contributed by atoms with Gasteiger partial charge in [0.15, 0.2) is 11.3 Å². The number of carbonyl (C=O) groups is 3. The van der Waals surface area contributed by atoms with Crippen molar-refractivity contribution in [2.24, 2.45) is 11.5 Å². The number of ketones is 1. The van der Waals surface area contributed by atoms with Gasteiger partial charge in [-0.1, -0.05) is 44.2 Å². The molecule has 24 heavy (non-hydrogen) atoms. The molecule has 1 unspecified atom stereocenters. The minimum Gasteiger partial charge on any atom is -0.481 e. The average molecular weight is 336 g/mol. The highest BCUT2D eigenvalue weighted by molar-refractivity contribution is 6.13. The summed E-state index contributed by atoms with van der Waals surface area (Å²) in [5.41, 5.74) is 10.8. The number of benzene rings is 1. The van der Waals surface area contributed by atoms with Crippen LogP contribution in [0.4, 0.5) is 0 Å². The maximum Gasteiger partial charge on any atom is 0.305 e. The Labute approximate surface area is 142 Å². The van der Waals surface area contributed by atoms with Crippen molar-refractivity contribution in [3.05, 3.63) is 35.9 Å². The van der Waals surface area contributed by atoms with Gasteiger partial charge in [0.25, 0.3) is 1.43 Å². The molecule has 0 aliphatic carbocycles. The van der Waals surface area contributed by atoms with Crippen molar-refractivity contribution in [2.75, 3.05) is 0 Å². The summed E-state index contributed by atoms with van der Waals surface area (Å²) in [6.45, 7) is 3.50. The second-order valence-corrected chi connectivity index (χ2v) is 5.72. The van der Waals surface area contributed by atoms with Crippen molar-refractivity contribution in [3.63, 3.8) is 0 Å². The standard InChI is InChI=1S/C17H25N3O4/c1-3-13(11-8-6-5-7-9-11)20-16(24)17(19,4-2)15(23)12(18)10-14(21)22/h5-9,12-13H,3-4,10,18-19H2,1-2H3,(H,20,24)(H,21,22)/t12-,13-,17?/m0/s1/i/hD. The third-order valence-corrected chi connectivity index (χ3v) is 4.04. The smallest absolute Gasteiger partial charge is 0.305 e. The van der Waals surface area contributed by atoms with Crippen molar-refractivity contribution in [3.8, 4) is 0 Å². The molecule has 0 fully saturated rings. The van der Waals surface area contributed by atoms with Gasteiger partial charge in [0, 0.05) is 0 Å². The number of hydrogen-bond donors (Lipinski definition) is 4. The maximum absolute atomic E-state index is 12.7. The molecule has 0 aliphatic heterocycles. The topological polar surface area (TPSA) is 136 Å². The van der Waals surface area contributed by atoms with Crippen LogP contribution in [0.5, 0.6) is 0 Å². The summed E-state index contributed by atoms with van der Waals surface area (Å²) in [6.07, 6.45) is 0.123. The van der Waals surface area contributed by atoms with Gasteiger partial charge in [-0.2, -0.15) is 0 Å². The highest BCUT2D eigenvalue weighted by Gasteiger charge is 2.43. The predicted octanol–water partition coefficient (Wildman–Crippen LogP) is 0.733. The number of carboxylic acids is 1. The zero-order valence-corrected chi connectivity index (χ0v) is 14.0. The van der Waals surface area contributed by atoms with Crippen LogP contribution in [0.3, 0.4) is 0 Å². The van der Waals surface area contributed by atoms with Crippen LogP contribution >= 0.6 is 0 Å². The molecule has 1 amide bonds. The first-order valence-electron chi connectivity index (χ1n) is 8.31. The Morgan fingerprint density at radius 1 is 1.29 bits per heavy atom. The molecule has 0 aliphatic rings. The second-order valence-electron chi connectivity index (χ2n) is 5.72. The maximum atomic E-state index is 12.7. The Balaban J connectivity index is 2.93. The monoisotopic (exact) mass is 336 g/mol. The van der Waals surface area contributed by atoms with E-state index in [0.717, 1.165) is 5.56 Å². The van der Waals surface area contributed by atoms with E-state index in [1.54, 1.807) is 6.92 Å². The molecule has 7 heteroatoms. The highest BCUT2D eigenvalue weighted by atomic mass is 16.4. The highest BCUT2D eigenvalue weighted by Crippen LogP contribution is 2.19. The summed E-state index contributed by atoms with van der Waals surface area (Å²) >= 11 is 0. The lowest BCUT2D eigenvalue weighted by Gasteiger charge is -2.30. The lowest BCUT2D eigenvalue weighted by Crippen LogP contribution is -2.63. The van der Waals surface area contributed by atoms with Gasteiger partial charge in [-0.25, -0.2) is 0 Å². The molecule has 0 aromatic heterocycles. The van der Waals surface area contributed by atoms with Crippen LogP contribution in [-0.2, 0) is 14.4 Å². The molecule has 0 heterocycles. The van der Waals surface area contributed by atoms with Crippen LogP contribution in [0.15, 0.2) is 30.3 Å². The molecular weight excluding hydrogens is 310 g/mol. The van der Waals surface area contributed by atoms with Crippen LogP contribution in [-0.4, -0.2) is 34.3 Å². The molecule has 3 atom stereocenters. The van der Waals surface area contributed by atoms with E-state index >= 15 is 0 Å². The summed E-state index contributed by atoms with van der Waals surface area (Å²) in [5.74, 6) is -2.37. The zero-order valence-electron chi connectivity index (χ0n) is 15.0. The lowest BCUT2D eigenvalue weighted by molar-refractivity contribution is -0.142. The third kappa shape index (κ3) is 4.62. The van der Waals surface area contributed by atoms with E-state index in [0.29, 0.717) is 6.42 Å². The molecular formula is C17H25N3O4. The van der Waals surface area contributed by atoms with Crippen LogP contribution in [0.1, 0.15) is 44.7 Å². The second kappa shape index (κ2) is 8.56. The number of aliphatic carboxylic acids is 1. The van der Waals surface area contributed by atoms with Gasteiger partial charge in [0.2, 0.25) is 5.91 Å². The van der Waals surface area contributed by atoms with E-state index in [9.17, 15) is 14.4 Å². The molecule has 0 spiro atoms. The minimum atomic E-state index is -1.86. The molecule has 1 rings (SSSR count). The van der Waals surface area contributed by atoms with Crippen LogP contribution in [0, 0.1) is 0 Å². The van der Waals surface area contributed by atoms with Gasteiger partial charge in [0.05, 0.1) is 18.5 Å². The van der Waals surface area contributed by atoms with Gasteiger partial charge in [-0.3, -0.25) is 14.4 Å². The van der Waals surface area contributed by atoms with Crippen LogP contribution in [0.25, 0.3) is 1.43 Å². The quantitative estimate of drug-likeness (QED) is 0.491. The first kappa shape index (κ1) is 18.1. The number of Topliss-reactive ketones (excluding diaryl/α,β-unsaturated/α-hetero) is 1. The van der Waals surface area contributed by atoms with Crippen molar-refractivity contribution < 1.29 is 19.5 Å². The first-order valence-corrected chi connectivity index (χ1v) is 7.90. The van der Waals surface area contributed by atoms with Gasteiger partial charge >= 0.3 is 5.97 Å². The molecule has 1 aromatic rings. The Bertz CT molecular complexity index is 611. The van der Waals surface area contributed by atoms with Crippen molar-refractivity contribution in [1.82, 2.24) is 5.32 Å². The molecule has 6 N–H and O–H groups in total. The Hall–Kier alpha value is -2.25. The third-order valence-electron chi connectivity index (χ3n) is 4.04. The van der Waals surface area contributed by atoms with E-state index in [1.807, 2.05) is 37.3 Å². The van der Waals surface area contributed by atoms with E-state index in [-0.39, 0.29) is 12.5 Å². The summed E-state index contributed by atoms with van der Waals surface area (Å²) < 4.78 is 6.51. The Morgan fingerprint density at radius 2 is 1.92 bits per heavy atom. The van der Waals surface area contributed by atoms with Gasteiger partial charge in [0.1, 0.15) is 0 Å². The first-order chi connectivity index (χ1) is 11.8. The normalized spacial score (nSPS) is 16.2. The average Bonchev–Trinajstić information content (AvgIpc) is 2.64. The zero-order chi connectivity index (χ0) is 19.0. The fourth-order valence-corrected chi connectivity index (χ4v) is 2.44. The van der Waals surface area contributed by atoms with E-state index in [2.05, 4.69) is 10.4 Å². The SMILES string of the molecule is [2H]OC(=O)C[C@H](N)C(=O)C(N)(CC)C(=O)N[C@@H](CC)c1ccccc1. The summed E-state index contributed by atoms with van der Waals surface area (Å²) in [7, 11) is 0. The van der Waals surface area contributed by atoms with Crippen molar-refractivity contribution in [1.29, 1.82) is 1.43 Å². The molecule has 0 saturated carbocycles. The molecule has 0 saturated heterocycles. The van der Waals surface area contributed by atoms with E-state index in [1.165, 1.54) is 0 Å². The minimum absolute atomic E-state index is 0.0204. The van der Waals surface area contributed by atoms with Crippen LogP contribution < -0.4 is 16.8 Å². The van der Waals surface area contributed by atoms with Crippen LogP contribution in [0.2, 0.25) is 0 Å². The van der Waals surface area contributed by atoms with Gasteiger partial charge in [-0.15, -0.1) is 0 Å². The number of hydrogen-bond acceptors (Lipinski definition) is 6. The number of amides is 1. The van der Waals surface area contributed by atoms with Crippen molar-refractivity contribution >= 4 is 17.7 Å². The fraction of sp³-hybridized carbons (Fsp3) is 0.471. The Morgan fingerprint density at radius 3 is 2.42 bits per heavy atom. The summed E-state index contributed by atoms with van der Waals surface area (Å²) in [6, 6.07) is 7.70. The predicted molar refractivity (Wildman–Crippen MR) is 90.1 cm³/mol. The fourth-order valence-electron chi connectivity index (χ4n) is 2.44. The number of nitrogens with two attached hydrogens (primary N) is 2. The number of nitrogens with one attached hydrogen (secondary N) is 1. The van der Waals surface area contributed by atoms with Crippen molar-refractivity contribution in [2.45, 2.75) is 50.7 Å². The van der Waals surface area contributed by atoms with E-state index < -0.39 is 35.7 Å². The molecule has 132 valence electrons. The number of carboxylic acid groups (broad SMARTS) is 1. The largest absolute Gasteiger partial charge is 0.481 e. The summed E-state index contributed by atoms with van der Waals surface area (Å²) in [5, 5.41) is 6.54. The molecule has 0 bridgehead atoms. The molecule has 7 nitrogen and oxygen atoms in total. The molecule has 1 aromatic carbocycles. The van der Waals surface area contributed by atoms with E-state index in [4.69, 9.17) is 12.9 Å². The Kier molecular flexibility index (Phi) is 6.45. The number of rotatable bonds is 9. The summed E-state index contributed by atoms with van der Waals surface area (Å²) in [4.78, 5) is 36.3. The molecule has 0 radical (unpaired) electrons. The van der Waals surface area contributed by atoms with Gasteiger partial charge in [-0.05, 0) is 18.4 Å². The lowest BCUT2D eigenvalue weighted by atomic mass is 9.85. The van der Waals surface area contributed by atoms with Gasteiger partial charge < -0.3 is 21.9 Å².